The monoisotopic (exact) mass is 952 g/mol. The topological polar surface area (TPSA) is 220 Å². The number of amidine groups is 1. The van der Waals surface area contributed by atoms with Crippen LogP contribution in [0.15, 0.2) is 59.4 Å². The number of nitrogens with one attached hydrogen (secondary N) is 6. The molecule has 0 spiro atoms. The van der Waals surface area contributed by atoms with Gasteiger partial charge in [-0.1, -0.05) is 80.4 Å². The fraction of sp³-hybridized carbons (Fsp3) is 0.600. The summed E-state index contributed by atoms with van der Waals surface area (Å²) in [6.45, 7) is 17.2. The van der Waals surface area contributed by atoms with Gasteiger partial charge in [0.15, 0.2) is 5.83 Å². The molecule has 0 saturated heterocycles. The minimum atomic E-state index is -0.850. The molecule has 3 aliphatic carbocycles. The number of amides is 3. The van der Waals surface area contributed by atoms with Gasteiger partial charge in [-0.25, -0.2) is 13.8 Å². The van der Waals surface area contributed by atoms with Crippen molar-refractivity contribution in [2.24, 2.45) is 34.1 Å². The van der Waals surface area contributed by atoms with Crippen molar-refractivity contribution in [2.75, 3.05) is 44.8 Å². The van der Waals surface area contributed by atoms with E-state index in [4.69, 9.17) is 19.7 Å². The number of benzene rings is 1. The van der Waals surface area contributed by atoms with Gasteiger partial charge < -0.3 is 51.4 Å². The van der Waals surface area contributed by atoms with Crippen LogP contribution in [-0.2, 0) is 30.5 Å². The van der Waals surface area contributed by atoms with E-state index in [-0.39, 0.29) is 63.1 Å². The average molecular weight is 952 g/mol. The number of pyridine rings is 1. The summed E-state index contributed by atoms with van der Waals surface area (Å²) in [4.78, 5) is 56.1. The highest BCUT2D eigenvalue weighted by atomic mass is 19.1. The van der Waals surface area contributed by atoms with Crippen molar-refractivity contribution >= 4 is 46.8 Å². The number of hydrogen-bond acceptors (Lipinski definition) is 11. The van der Waals surface area contributed by atoms with Gasteiger partial charge in [-0.2, -0.15) is 0 Å². The molecule has 1 aliphatic heterocycles. The van der Waals surface area contributed by atoms with Crippen molar-refractivity contribution in [1.29, 1.82) is 0 Å². The first kappa shape index (κ1) is 55.1. The second-order valence-electron chi connectivity index (χ2n) is 19.6. The fourth-order valence-electron chi connectivity index (χ4n) is 8.43. The number of aromatic nitrogens is 2. The molecule has 2 bridgehead atoms. The normalized spacial score (nSPS) is 18.2. The van der Waals surface area contributed by atoms with Crippen LogP contribution in [0, 0.1) is 34.9 Å². The first-order valence-corrected chi connectivity index (χ1v) is 23.9. The molecule has 3 fully saturated rings. The molecule has 68 heavy (non-hydrogen) atoms. The molecule has 2 unspecified atom stereocenters. The van der Waals surface area contributed by atoms with E-state index in [0.717, 1.165) is 43.5 Å². The van der Waals surface area contributed by atoms with Crippen molar-refractivity contribution in [3.05, 3.63) is 71.3 Å². The Morgan fingerprint density at radius 2 is 1.72 bits per heavy atom. The number of halogens is 2. The van der Waals surface area contributed by atoms with Gasteiger partial charge >= 0.3 is 0 Å². The summed E-state index contributed by atoms with van der Waals surface area (Å²) in [7, 11) is 0. The van der Waals surface area contributed by atoms with Crippen LogP contribution in [0.2, 0.25) is 0 Å². The van der Waals surface area contributed by atoms with Crippen LogP contribution in [0.4, 0.5) is 14.5 Å². The van der Waals surface area contributed by atoms with Crippen molar-refractivity contribution in [1.82, 2.24) is 36.1 Å². The molecule has 3 amide bonds. The average Bonchev–Trinajstić information content (AvgIpc) is 3.64. The van der Waals surface area contributed by atoms with Crippen LogP contribution in [0.25, 0.3) is 11.0 Å². The van der Waals surface area contributed by atoms with Crippen LogP contribution < -0.4 is 31.9 Å². The molecular weight excluding hydrogens is 877 g/mol. The van der Waals surface area contributed by atoms with Crippen LogP contribution in [-0.4, -0.2) is 107 Å². The zero-order valence-electron chi connectivity index (χ0n) is 41.1. The van der Waals surface area contributed by atoms with Crippen molar-refractivity contribution in [2.45, 2.75) is 125 Å². The van der Waals surface area contributed by atoms with E-state index in [9.17, 15) is 18.8 Å². The Balaban J connectivity index is 0.000000745. The minimum Gasteiger partial charge on any atom is -0.483 e. The maximum Gasteiger partial charge on any atom is 0.290 e. The van der Waals surface area contributed by atoms with Crippen LogP contribution >= 0.6 is 0 Å². The van der Waals surface area contributed by atoms with Crippen molar-refractivity contribution < 1.29 is 42.9 Å². The number of ether oxygens (including phenoxy) is 1. The predicted octanol–water partition coefficient (Wildman–Crippen LogP) is 6.23. The highest BCUT2D eigenvalue weighted by Crippen LogP contribution is 2.41. The van der Waals surface area contributed by atoms with Crippen molar-refractivity contribution in [3.8, 4) is 0 Å². The zero-order chi connectivity index (χ0) is 50.0. The largest absolute Gasteiger partial charge is 0.483 e. The number of anilines is 1. The lowest BCUT2D eigenvalue weighted by Crippen LogP contribution is -2.53. The standard InChI is InChI=1S/C41H54F2N8O5.C8H19N.CH2O2/c1-24(2)35(49-40(55)41(3,4)13-15-56-16-14-52)39(54)46-21-34(53)47-29-11-7-26(8-12-29)22-51-23-31(30-18-28(42)19-45-38(30)51)36-44-20-32(43)37(50-36)48-33-17-25-5-9-27(33)10-6-25;1-7(2)5-6-9-8(3)4;2-1-3/h7-8,11-12,18-19,23-25,27,33,35,48,52H,5-6,9-10,13-17,20-22H2,1-4H3,(H,44,50)(H,46,54)(H,47,53)(H,49,55);7-9H,5-6H2,1-4H3;1H,(H,2,3). The molecule has 1 aromatic carbocycles. The number of rotatable bonds is 21. The van der Waals surface area contributed by atoms with Gasteiger partial charge in [0.05, 0.1) is 32.5 Å². The van der Waals surface area contributed by atoms with Gasteiger partial charge in [-0.15, -0.1) is 0 Å². The first-order valence-electron chi connectivity index (χ1n) is 23.9. The summed E-state index contributed by atoms with van der Waals surface area (Å²) in [5.41, 5.74) is 1.74. The number of aliphatic imine (C=N–C) groups is 1. The number of nitrogens with zero attached hydrogens (tertiary/aromatic N) is 3. The minimum absolute atomic E-state index is 0.102. The molecule has 376 valence electrons. The lowest BCUT2D eigenvalue weighted by molar-refractivity contribution is -0.136. The Morgan fingerprint density at radius 3 is 2.32 bits per heavy atom. The predicted molar refractivity (Wildman–Crippen MR) is 261 cm³/mol. The van der Waals surface area contributed by atoms with E-state index in [1.165, 1.54) is 25.3 Å². The number of carboxylic acid groups (broad SMARTS) is 1. The summed E-state index contributed by atoms with van der Waals surface area (Å²) in [5, 5.41) is 34.6. The van der Waals surface area contributed by atoms with E-state index in [0.29, 0.717) is 64.8 Å². The molecule has 3 heterocycles. The first-order chi connectivity index (χ1) is 32.3. The second kappa shape index (κ2) is 26.9. The Kier molecular flexibility index (Phi) is 21.8. The van der Waals surface area contributed by atoms with Crippen LogP contribution in [0.5, 0.6) is 0 Å². The quantitative estimate of drug-likeness (QED) is 0.0442. The molecule has 0 radical (unpaired) electrons. The highest BCUT2D eigenvalue weighted by Gasteiger charge is 2.37. The molecular formula is C50H75F2N9O7. The Labute approximate surface area is 399 Å². The fourth-order valence-corrected chi connectivity index (χ4v) is 8.43. The third-order valence-corrected chi connectivity index (χ3v) is 12.4. The second-order valence-corrected chi connectivity index (χ2v) is 19.6. The van der Waals surface area contributed by atoms with E-state index >= 15 is 4.39 Å². The van der Waals surface area contributed by atoms with Gasteiger partial charge in [0.25, 0.3) is 6.47 Å². The van der Waals surface area contributed by atoms with E-state index < -0.39 is 29.1 Å². The smallest absolute Gasteiger partial charge is 0.290 e. The molecule has 2 atom stereocenters. The number of carbonyl (C=O) groups excluding carboxylic acids is 3. The van der Waals surface area contributed by atoms with Gasteiger partial charge in [-0.3, -0.25) is 24.2 Å². The molecule has 18 heteroatoms. The van der Waals surface area contributed by atoms with Crippen LogP contribution in [0.1, 0.15) is 111 Å². The van der Waals surface area contributed by atoms with Gasteiger partial charge in [0.2, 0.25) is 17.7 Å². The van der Waals surface area contributed by atoms with Gasteiger partial charge in [-0.05, 0) is 86.1 Å². The SMILES string of the molecule is CC(C)C(NC(=O)C(C)(C)CCOCCO)C(=O)NCC(=O)Nc1ccc(Cn2cc(C3=NCC(F)=C(NC4CC5CCC4CC5)N3)c3cc(F)cnc32)cc1.CC(C)CCNC(C)C.O=CO. The number of fused-ring (bicyclic) bond motifs is 4. The molecule has 3 saturated carbocycles. The Hall–Kier alpha value is -5.46. The lowest BCUT2D eigenvalue weighted by atomic mass is 9.68. The highest BCUT2D eigenvalue weighted by molar-refractivity contribution is 6.10. The molecule has 4 aliphatic rings. The van der Waals surface area contributed by atoms with Crippen molar-refractivity contribution in [3.63, 3.8) is 0 Å². The molecule has 8 N–H and O–H groups in total. The third kappa shape index (κ3) is 16.9. The zero-order valence-corrected chi connectivity index (χ0v) is 41.1. The van der Waals surface area contributed by atoms with E-state index in [1.54, 1.807) is 26.0 Å². The third-order valence-electron chi connectivity index (χ3n) is 12.4. The number of hydrogen-bond donors (Lipinski definition) is 8. The Morgan fingerprint density at radius 1 is 1.03 bits per heavy atom. The maximum atomic E-state index is 15.1. The maximum absolute atomic E-state index is 15.1. The number of aliphatic hydroxyl groups is 1. The van der Waals surface area contributed by atoms with Gasteiger partial charge in [0, 0.05) is 53.5 Å². The molecule has 3 aromatic rings. The van der Waals surface area contributed by atoms with E-state index in [2.05, 4.69) is 69.6 Å². The summed E-state index contributed by atoms with van der Waals surface area (Å²) < 4.78 is 36.8. The van der Waals surface area contributed by atoms with Gasteiger partial charge in [0.1, 0.15) is 29.2 Å². The summed E-state index contributed by atoms with van der Waals surface area (Å²) in [6.07, 6.45) is 10.5. The molecule has 2 aromatic heterocycles. The molecule has 16 nitrogen and oxygen atoms in total. The summed E-state index contributed by atoms with van der Waals surface area (Å²) in [6, 6.07) is 8.60. The number of carbonyl (C=O) groups is 4. The number of aliphatic hydroxyl groups excluding tert-OH is 1. The lowest BCUT2D eigenvalue weighted by Gasteiger charge is -2.43. The summed E-state index contributed by atoms with van der Waals surface area (Å²) in [5.74, 6) is 0.516. The molecule has 7 rings (SSSR count). The summed E-state index contributed by atoms with van der Waals surface area (Å²) >= 11 is 0. The van der Waals surface area contributed by atoms with E-state index in [1.807, 2.05) is 36.7 Å². The van der Waals surface area contributed by atoms with Crippen LogP contribution in [0.3, 0.4) is 0 Å². The Bertz CT molecular complexity index is 2160.